The number of benzene rings is 1. The molecule has 2 aliphatic rings. The summed E-state index contributed by atoms with van der Waals surface area (Å²) in [4.78, 5) is 24.4. The molecule has 0 spiro atoms. The molecule has 1 aliphatic carbocycles. The molecule has 0 saturated heterocycles. The van der Waals surface area contributed by atoms with Crippen molar-refractivity contribution in [3.63, 3.8) is 0 Å². The Morgan fingerprint density at radius 3 is 2.77 bits per heavy atom. The predicted molar refractivity (Wildman–Crippen MR) is 96.9 cm³/mol. The lowest BCUT2D eigenvalue weighted by molar-refractivity contribution is -0.125. The minimum Gasteiger partial charge on any atom is -0.489 e. The summed E-state index contributed by atoms with van der Waals surface area (Å²) in [6.07, 6.45) is 5.14. The van der Waals surface area contributed by atoms with Crippen molar-refractivity contribution >= 4 is 23.5 Å². The van der Waals surface area contributed by atoms with Gasteiger partial charge in [-0.2, -0.15) is 0 Å². The van der Waals surface area contributed by atoms with Gasteiger partial charge in [-0.3, -0.25) is 4.79 Å². The molecule has 0 radical (unpaired) electrons. The number of hydrogen-bond acceptors (Lipinski definition) is 5. The third-order valence-corrected chi connectivity index (χ3v) is 5.11. The van der Waals surface area contributed by atoms with Gasteiger partial charge < -0.3 is 19.5 Å². The van der Waals surface area contributed by atoms with E-state index in [1.165, 1.54) is 18.6 Å². The van der Waals surface area contributed by atoms with Gasteiger partial charge in [0.15, 0.2) is 18.1 Å². The standard InChI is InChI=1S/C19H24ClNO5/c1-12-5-2-3-6-15(12)21-17(22)11-26-19(23)13-9-14(20)18-16(10-13)24-7-4-8-25-18/h9-10,12,15H,2-8,11H2,1H3,(H,21,22)/t12-,15+/m0/s1. The molecule has 1 N–H and O–H groups in total. The van der Waals surface area contributed by atoms with Crippen LogP contribution in [0.1, 0.15) is 49.4 Å². The largest absolute Gasteiger partial charge is 0.489 e. The zero-order chi connectivity index (χ0) is 18.5. The van der Waals surface area contributed by atoms with Gasteiger partial charge in [0, 0.05) is 12.5 Å². The predicted octanol–water partition coefficient (Wildman–Crippen LogP) is 3.35. The maximum absolute atomic E-state index is 12.3. The first kappa shape index (κ1) is 18.8. The monoisotopic (exact) mass is 381 g/mol. The summed E-state index contributed by atoms with van der Waals surface area (Å²) in [5.41, 5.74) is 0.234. The van der Waals surface area contributed by atoms with Crippen molar-refractivity contribution in [2.45, 2.75) is 45.1 Å². The zero-order valence-electron chi connectivity index (χ0n) is 14.9. The van der Waals surface area contributed by atoms with E-state index < -0.39 is 5.97 Å². The minimum atomic E-state index is -0.616. The number of hydrogen-bond donors (Lipinski definition) is 1. The summed E-state index contributed by atoms with van der Waals surface area (Å²) >= 11 is 6.18. The number of halogens is 1. The van der Waals surface area contributed by atoms with E-state index in [9.17, 15) is 9.59 Å². The molecule has 1 aliphatic heterocycles. The van der Waals surface area contributed by atoms with E-state index in [4.69, 9.17) is 25.8 Å². The molecule has 1 aromatic carbocycles. The maximum atomic E-state index is 12.3. The maximum Gasteiger partial charge on any atom is 0.338 e. The number of amides is 1. The lowest BCUT2D eigenvalue weighted by Crippen LogP contribution is -2.42. The van der Waals surface area contributed by atoms with Crippen LogP contribution in [0, 0.1) is 5.92 Å². The summed E-state index contributed by atoms with van der Waals surface area (Å²) < 4.78 is 16.2. The number of ether oxygens (including phenoxy) is 3. The molecule has 2 atom stereocenters. The average Bonchev–Trinajstić information content (AvgIpc) is 2.87. The molecule has 6 nitrogen and oxygen atoms in total. The van der Waals surface area contributed by atoms with Crippen LogP contribution in [0.4, 0.5) is 0 Å². The van der Waals surface area contributed by atoms with Crippen molar-refractivity contribution in [1.29, 1.82) is 0 Å². The highest BCUT2D eigenvalue weighted by Crippen LogP contribution is 2.38. The summed E-state index contributed by atoms with van der Waals surface area (Å²) in [6, 6.07) is 3.16. The summed E-state index contributed by atoms with van der Waals surface area (Å²) in [5, 5.41) is 3.25. The second-order valence-corrected chi connectivity index (χ2v) is 7.25. The molecule has 0 aromatic heterocycles. The van der Waals surface area contributed by atoms with Crippen LogP contribution < -0.4 is 14.8 Å². The Kier molecular flexibility index (Phi) is 6.25. The van der Waals surface area contributed by atoms with E-state index in [1.807, 2.05) is 0 Å². The van der Waals surface area contributed by atoms with Crippen molar-refractivity contribution in [2.24, 2.45) is 5.92 Å². The normalized spacial score (nSPS) is 22.2. The third-order valence-electron chi connectivity index (χ3n) is 4.83. The smallest absolute Gasteiger partial charge is 0.338 e. The van der Waals surface area contributed by atoms with E-state index in [0.29, 0.717) is 30.6 Å². The Morgan fingerprint density at radius 2 is 1.96 bits per heavy atom. The van der Waals surface area contributed by atoms with Gasteiger partial charge >= 0.3 is 5.97 Å². The highest BCUT2D eigenvalue weighted by Gasteiger charge is 2.24. The molecule has 1 saturated carbocycles. The quantitative estimate of drug-likeness (QED) is 0.809. The molecule has 0 unspecified atom stereocenters. The summed E-state index contributed by atoms with van der Waals surface area (Å²) in [6.45, 7) is 2.82. The van der Waals surface area contributed by atoms with Gasteiger partial charge in [0.2, 0.25) is 0 Å². The van der Waals surface area contributed by atoms with E-state index in [-0.39, 0.29) is 29.1 Å². The fourth-order valence-corrected chi connectivity index (χ4v) is 3.61. The fourth-order valence-electron chi connectivity index (χ4n) is 3.34. The number of esters is 1. The van der Waals surface area contributed by atoms with Crippen LogP contribution in [0.2, 0.25) is 5.02 Å². The van der Waals surface area contributed by atoms with Crippen LogP contribution in [-0.2, 0) is 9.53 Å². The number of nitrogens with one attached hydrogen (secondary N) is 1. The Morgan fingerprint density at radius 1 is 1.19 bits per heavy atom. The molecule has 0 bridgehead atoms. The van der Waals surface area contributed by atoms with Crippen LogP contribution >= 0.6 is 11.6 Å². The number of carbonyl (C=O) groups excluding carboxylic acids is 2. The Hall–Kier alpha value is -1.95. The van der Waals surface area contributed by atoms with Crippen molar-refractivity contribution < 1.29 is 23.8 Å². The first-order valence-electron chi connectivity index (χ1n) is 9.10. The van der Waals surface area contributed by atoms with Crippen molar-refractivity contribution in [3.8, 4) is 11.5 Å². The van der Waals surface area contributed by atoms with E-state index in [0.717, 1.165) is 25.7 Å². The van der Waals surface area contributed by atoms with Gasteiger partial charge in [0.25, 0.3) is 5.91 Å². The molecular weight excluding hydrogens is 358 g/mol. The zero-order valence-corrected chi connectivity index (χ0v) is 15.6. The van der Waals surface area contributed by atoms with E-state index in [1.54, 1.807) is 0 Å². The lowest BCUT2D eigenvalue weighted by Gasteiger charge is -2.29. The summed E-state index contributed by atoms with van der Waals surface area (Å²) in [5.74, 6) is 0.406. The molecule has 1 amide bonds. The van der Waals surface area contributed by atoms with Crippen LogP contribution in [0.15, 0.2) is 12.1 Å². The van der Waals surface area contributed by atoms with Crippen LogP contribution in [-0.4, -0.2) is 37.7 Å². The SMILES string of the molecule is C[C@H]1CCCC[C@H]1NC(=O)COC(=O)c1cc(Cl)c2c(c1)OCCCO2. The van der Waals surface area contributed by atoms with Crippen LogP contribution in [0.5, 0.6) is 11.5 Å². The molecule has 26 heavy (non-hydrogen) atoms. The van der Waals surface area contributed by atoms with Crippen LogP contribution in [0.25, 0.3) is 0 Å². The van der Waals surface area contributed by atoms with Crippen LogP contribution in [0.3, 0.4) is 0 Å². The topological polar surface area (TPSA) is 73.9 Å². The van der Waals surface area contributed by atoms with Crippen molar-refractivity contribution in [1.82, 2.24) is 5.32 Å². The number of fused-ring (bicyclic) bond motifs is 1. The van der Waals surface area contributed by atoms with E-state index >= 15 is 0 Å². The highest BCUT2D eigenvalue weighted by molar-refractivity contribution is 6.32. The minimum absolute atomic E-state index is 0.155. The molecular formula is C19H24ClNO5. The first-order chi connectivity index (χ1) is 12.5. The number of rotatable bonds is 4. The van der Waals surface area contributed by atoms with E-state index in [2.05, 4.69) is 12.2 Å². The Bertz CT molecular complexity index is 678. The van der Waals surface area contributed by atoms with Gasteiger partial charge in [-0.15, -0.1) is 0 Å². The second-order valence-electron chi connectivity index (χ2n) is 6.85. The Balaban J connectivity index is 1.57. The first-order valence-corrected chi connectivity index (χ1v) is 9.48. The summed E-state index contributed by atoms with van der Waals surface area (Å²) in [7, 11) is 0. The molecule has 1 fully saturated rings. The van der Waals surface area contributed by atoms with Crippen molar-refractivity contribution in [2.75, 3.05) is 19.8 Å². The third kappa shape index (κ3) is 4.61. The molecule has 3 rings (SSSR count). The lowest BCUT2D eigenvalue weighted by atomic mass is 9.86. The molecule has 1 heterocycles. The van der Waals surface area contributed by atoms with Gasteiger partial charge in [0.05, 0.1) is 23.8 Å². The number of carbonyl (C=O) groups is 2. The fraction of sp³-hybridized carbons (Fsp3) is 0.579. The highest BCUT2D eigenvalue weighted by atomic mass is 35.5. The Labute approximate surface area is 158 Å². The molecule has 7 heteroatoms. The molecule has 142 valence electrons. The second kappa shape index (κ2) is 8.62. The van der Waals surface area contributed by atoms with Crippen molar-refractivity contribution in [3.05, 3.63) is 22.7 Å². The van der Waals surface area contributed by atoms with Gasteiger partial charge in [-0.25, -0.2) is 4.79 Å². The average molecular weight is 382 g/mol. The van der Waals surface area contributed by atoms with Gasteiger partial charge in [-0.05, 0) is 30.9 Å². The van der Waals surface area contributed by atoms with Gasteiger partial charge in [-0.1, -0.05) is 31.4 Å². The van der Waals surface area contributed by atoms with Gasteiger partial charge in [0.1, 0.15) is 0 Å². The molecule has 1 aromatic rings.